The van der Waals surface area contributed by atoms with Crippen LogP contribution in [0.5, 0.6) is 0 Å². The highest BCUT2D eigenvalue weighted by atomic mass is 35.5. The summed E-state index contributed by atoms with van der Waals surface area (Å²) in [6.07, 6.45) is -0.652. The smallest absolute Gasteiger partial charge is 0.412 e. The maximum absolute atomic E-state index is 14.1. The lowest BCUT2D eigenvalue weighted by molar-refractivity contribution is -0.157. The molecule has 1 aromatic heterocycles. The number of benzene rings is 3. The summed E-state index contributed by atoms with van der Waals surface area (Å²) in [4.78, 5) is 47.4. The molecule has 2 amide bonds. The largest absolute Gasteiger partial charge is 0.454 e. The minimum absolute atomic E-state index is 0.0902. The first kappa shape index (κ1) is 41.2. The molecule has 0 saturated heterocycles. The molecule has 0 fully saturated rings. The fourth-order valence-corrected chi connectivity index (χ4v) is 7.54. The average molecular weight is 801 g/mol. The van der Waals surface area contributed by atoms with Crippen LogP contribution in [-0.2, 0) is 19.9 Å². The van der Waals surface area contributed by atoms with Gasteiger partial charge in [0.25, 0.3) is 5.91 Å². The van der Waals surface area contributed by atoms with Crippen LogP contribution >= 0.6 is 35.6 Å². The highest BCUT2D eigenvalue weighted by Gasteiger charge is 2.49. The highest BCUT2D eigenvalue weighted by Crippen LogP contribution is 2.43. The van der Waals surface area contributed by atoms with Crippen LogP contribution in [0.3, 0.4) is 0 Å². The maximum atomic E-state index is 14.1. The summed E-state index contributed by atoms with van der Waals surface area (Å²) in [6.45, 7) is 15.9. The van der Waals surface area contributed by atoms with Gasteiger partial charge in [-0.15, -0.1) is 11.3 Å². The van der Waals surface area contributed by atoms with Gasteiger partial charge in [-0.05, 0) is 110 Å². The van der Waals surface area contributed by atoms with Crippen molar-refractivity contribution >= 4 is 87.3 Å². The second-order valence-electron chi connectivity index (χ2n) is 14.9. The summed E-state index contributed by atoms with van der Waals surface area (Å²) in [5.74, 6) is -1.15. The molecule has 1 aliphatic rings. The third-order valence-corrected chi connectivity index (χ3v) is 11.2. The van der Waals surface area contributed by atoms with Crippen LogP contribution in [0.4, 0.5) is 21.2 Å². The molecule has 0 bridgehead atoms. The highest BCUT2D eigenvalue weighted by molar-refractivity contribution is 7.82. The van der Waals surface area contributed by atoms with E-state index >= 15 is 0 Å². The Bertz CT molecular complexity index is 2210. The Kier molecular flexibility index (Phi) is 11.7. The normalized spacial score (nSPS) is 16.3. The van der Waals surface area contributed by atoms with E-state index in [9.17, 15) is 19.8 Å². The first-order valence-electron chi connectivity index (χ1n) is 17.4. The van der Waals surface area contributed by atoms with E-state index in [0.29, 0.717) is 38.2 Å². The Hall–Kier alpha value is -4.98. The molecule has 0 saturated carbocycles. The van der Waals surface area contributed by atoms with E-state index in [1.807, 2.05) is 26.0 Å². The van der Waals surface area contributed by atoms with Gasteiger partial charge in [-0.1, -0.05) is 48.0 Å². The predicted molar refractivity (Wildman–Crippen MR) is 225 cm³/mol. The first-order chi connectivity index (χ1) is 25.6. The van der Waals surface area contributed by atoms with E-state index in [1.165, 1.54) is 16.2 Å². The van der Waals surface area contributed by atoms with Crippen LogP contribution in [0.2, 0.25) is 5.02 Å². The fraction of sp³-hybridized carbons (Fsp3) is 0.317. The Morgan fingerprint density at radius 3 is 2.07 bits per heavy atom. The molecule has 3 aromatic carbocycles. The number of halogens is 1. The minimum Gasteiger partial charge on any atom is -0.454 e. The van der Waals surface area contributed by atoms with Gasteiger partial charge in [0.2, 0.25) is 0 Å². The van der Waals surface area contributed by atoms with Gasteiger partial charge in [0, 0.05) is 26.6 Å². The molecule has 5 rings (SSSR count). The molecule has 4 N–H and O–H groups in total. The Labute approximate surface area is 335 Å². The van der Waals surface area contributed by atoms with E-state index in [2.05, 4.69) is 10.6 Å². The molecule has 288 valence electrons. The molecular formula is C41H45ClN6O5S2. The SMILES string of the molecule is CC(=N)N1C(=N)[C@](C)(C(S)C(=O)OC(C)(C)c2ccc(C(=O)Nc3ccccc3NC(=O)OC(C)(C)C)cc2)N=C(c2ccc(Cl)cc2)c2c1sc(C)c2C. The van der Waals surface area contributed by atoms with Gasteiger partial charge >= 0.3 is 12.1 Å². The van der Waals surface area contributed by atoms with Crippen LogP contribution in [0, 0.1) is 24.7 Å². The van der Waals surface area contributed by atoms with Gasteiger partial charge in [0.05, 0.1) is 17.1 Å². The number of aliphatic imine (C=N–C) groups is 1. The van der Waals surface area contributed by atoms with Crippen LogP contribution in [0.25, 0.3) is 0 Å². The molecule has 11 nitrogen and oxygen atoms in total. The molecule has 4 aromatic rings. The molecular weight excluding hydrogens is 756 g/mol. The molecule has 0 aliphatic carbocycles. The predicted octanol–water partition coefficient (Wildman–Crippen LogP) is 9.79. The topological polar surface area (TPSA) is 157 Å². The summed E-state index contributed by atoms with van der Waals surface area (Å²) in [5, 5.41) is 23.6. The molecule has 0 radical (unpaired) electrons. The van der Waals surface area contributed by atoms with E-state index in [1.54, 1.807) is 109 Å². The van der Waals surface area contributed by atoms with E-state index in [4.69, 9.17) is 44.1 Å². The van der Waals surface area contributed by atoms with Gasteiger partial charge in [-0.25, -0.2) is 4.79 Å². The molecule has 55 heavy (non-hydrogen) atoms. The van der Waals surface area contributed by atoms with Crippen molar-refractivity contribution in [2.75, 3.05) is 15.5 Å². The maximum Gasteiger partial charge on any atom is 0.412 e. The van der Waals surface area contributed by atoms with Crippen molar-refractivity contribution in [3.05, 3.63) is 111 Å². The van der Waals surface area contributed by atoms with Crippen molar-refractivity contribution in [3.63, 3.8) is 0 Å². The number of fused-ring (bicyclic) bond motifs is 1. The molecule has 0 spiro atoms. The van der Waals surface area contributed by atoms with Gasteiger partial charge < -0.3 is 14.8 Å². The Morgan fingerprint density at radius 1 is 0.927 bits per heavy atom. The minimum atomic E-state index is -1.58. The Balaban J connectivity index is 1.39. The molecule has 1 aliphatic heterocycles. The average Bonchev–Trinajstić information content (AvgIpc) is 3.33. The van der Waals surface area contributed by atoms with Gasteiger partial charge in [-0.3, -0.25) is 35.6 Å². The van der Waals surface area contributed by atoms with Crippen molar-refractivity contribution in [1.29, 1.82) is 10.8 Å². The molecule has 14 heteroatoms. The lowest BCUT2D eigenvalue weighted by Gasteiger charge is -2.36. The summed E-state index contributed by atoms with van der Waals surface area (Å²) in [7, 11) is 0. The number of nitrogens with zero attached hydrogens (tertiary/aromatic N) is 2. The summed E-state index contributed by atoms with van der Waals surface area (Å²) < 4.78 is 11.5. The van der Waals surface area contributed by atoms with Crippen molar-refractivity contribution in [1.82, 2.24) is 0 Å². The zero-order valence-electron chi connectivity index (χ0n) is 32.2. The van der Waals surface area contributed by atoms with Crippen molar-refractivity contribution in [2.45, 2.75) is 84.3 Å². The lowest BCUT2D eigenvalue weighted by Crippen LogP contribution is -2.55. The number of thiophene rings is 1. The van der Waals surface area contributed by atoms with Crippen molar-refractivity contribution < 1.29 is 23.9 Å². The number of carbonyl (C=O) groups is 3. The second kappa shape index (κ2) is 15.6. The number of nitrogens with one attached hydrogen (secondary N) is 4. The van der Waals surface area contributed by atoms with E-state index in [0.717, 1.165) is 21.6 Å². The number of ether oxygens (including phenoxy) is 2. The standard InChI is InChI=1S/C41H45ClN6O5S2/c1-22-23(2)55-35-31(22)32(25-16-20-28(42)21-17-25)47-41(9,37(44)48(35)24(3)43)33(54)36(50)52-40(7,8)27-18-14-26(15-19-27)34(49)45-29-12-10-11-13-30(29)46-38(51)53-39(4,5)6/h10-21,33,43-44,54H,1-9H3,(H,45,49)(H,46,51)/t33?,41-/m0/s1. The third-order valence-electron chi connectivity index (χ3n) is 9.07. The zero-order chi connectivity index (χ0) is 40.6. The van der Waals surface area contributed by atoms with Gasteiger partial charge in [0.1, 0.15) is 38.7 Å². The molecule has 2 atom stereocenters. The zero-order valence-corrected chi connectivity index (χ0v) is 34.6. The van der Waals surface area contributed by atoms with Crippen LogP contribution in [0.15, 0.2) is 77.8 Å². The number of thiol groups is 1. The lowest BCUT2D eigenvalue weighted by atomic mass is 9.93. The number of carbonyl (C=O) groups excluding carboxylic acids is 3. The van der Waals surface area contributed by atoms with Crippen LogP contribution in [-0.4, -0.2) is 51.7 Å². The van der Waals surface area contributed by atoms with Crippen LogP contribution < -0.4 is 15.5 Å². The number of anilines is 3. The van der Waals surface area contributed by atoms with E-state index < -0.39 is 40.0 Å². The third kappa shape index (κ3) is 8.79. The number of amides is 2. The number of hydrogen-bond acceptors (Lipinski definition) is 10. The van der Waals surface area contributed by atoms with Gasteiger partial charge in [-0.2, -0.15) is 12.6 Å². The number of esters is 1. The number of rotatable bonds is 8. The Morgan fingerprint density at radius 2 is 1.51 bits per heavy atom. The van der Waals surface area contributed by atoms with Crippen molar-refractivity contribution in [2.24, 2.45) is 4.99 Å². The first-order valence-corrected chi connectivity index (χ1v) is 19.2. The summed E-state index contributed by atoms with van der Waals surface area (Å²) in [5.41, 5.74) is 1.22. The number of hydrogen-bond donors (Lipinski definition) is 5. The van der Waals surface area contributed by atoms with E-state index in [-0.39, 0.29) is 11.7 Å². The number of aryl methyl sites for hydroxylation is 1. The second-order valence-corrected chi connectivity index (χ2v) is 17.0. The fourth-order valence-electron chi connectivity index (χ4n) is 5.97. The monoisotopic (exact) mass is 800 g/mol. The molecule has 1 unspecified atom stereocenters. The van der Waals surface area contributed by atoms with Crippen molar-refractivity contribution in [3.8, 4) is 0 Å². The quantitative estimate of drug-likeness (QED) is 0.0517. The van der Waals surface area contributed by atoms with Crippen LogP contribution in [0.1, 0.15) is 86.0 Å². The molecule has 2 heterocycles. The number of amidine groups is 2. The number of para-hydroxylation sites is 2. The van der Waals surface area contributed by atoms with Gasteiger partial charge in [0.15, 0.2) is 0 Å². The summed E-state index contributed by atoms with van der Waals surface area (Å²) in [6, 6.07) is 20.6. The summed E-state index contributed by atoms with van der Waals surface area (Å²) >= 11 is 12.5.